The van der Waals surface area contributed by atoms with Crippen LogP contribution in [0.2, 0.25) is 0 Å². The van der Waals surface area contributed by atoms with Gasteiger partial charge in [0.1, 0.15) is 16.4 Å². The molecule has 1 fully saturated rings. The molecule has 3 rings (SSSR count). The van der Waals surface area contributed by atoms with E-state index in [0.717, 1.165) is 0 Å². The number of rotatable bonds is 5. The van der Waals surface area contributed by atoms with Crippen molar-refractivity contribution in [2.24, 2.45) is 0 Å². The van der Waals surface area contributed by atoms with E-state index in [1.165, 1.54) is 36.9 Å². The minimum Gasteiger partial charge on any atom is -0.497 e. The van der Waals surface area contributed by atoms with E-state index < -0.39 is 10.0 Å². The number of carbonyl (C=O) groups is 2. The summed E-state index contributed by atoms with van der Waals surface area (Å²) >= 11 is 0. The summed E-state index contributed by atoms with van der Waals surface area (Å²) in [6.45, 7) is 0.930. The maximum absolute atomic E-state index is 13.5. The predicted octanol–water partition coefficient (Wildman–Crippen LogP) is 1.14. The molecule has 2 heterocycles. The van der Waals surface area contributed by atoms with Gasteiger partial charge in [0.25, 0.3) is 5.91 Å². The number of amides is 2. The number of ether oxygens (including phenoxy) is 2. The van der Waals surface area contributed by atoms with E-state index in [-0.39, 0.29) is 55.1 Å². The number of sulfonamides is 1. The zero-order valence-electron chi connectivity index (χ0n) is 18.7. The Morgan fingerprint density at radius 2 is 1.91 bits per heavy atom. The number of nitrogens with zero attached hydrogens (tertiary/aromatic N) is 3. The molecule has 0 atom stereocenters. The second-order valence-corrected chi connectivity index (χ2v) is 9.31. The molecular formula is C22H28N4O6S. The summed E-state index contributed by atoms with van der Waals surface area (Å²) in [5.41, 5.74) is 0.415. The Hall–Kier alpha value is -3.18. The molecular weight excluding hydrogens is 448 g/mol. The number of hydrogen-bond donors (Lipinski definition) is 1. The third-order valence-electron chi connectivity index (χ3n) is 5.31. The summed E-state index contributed by atoms with van der Waals surface area (Å²) in [6.07, 6.45) is 3.57. The lowest BCUT2D eigenvalue weighted by Gasteiger charge is -2.25. The fourth-order valence-electron chi connectivity index (χ4n) is 3.55. The van der Waals surface area contributed by atoms with E-state index in [1.54, 1.807) is 29.3 Å². The highest BCUT2D eigenvalue weighted by Gasteiger charge is 2.29. The third kappa shape index (κ3) is 5.99. The second-order valence-electron chi connectivity index (χ2n) is 7.41. The molecule has 1 aliphatic heterocycles. The molecule has 2 amide bonds. The highest BCUT2D eigenvalue weighted by Crippen LogP contribution is 2.30. The molecule has 1 aromatic carbocycles. The molecule has 2 aromatic rings. The van der Waals surface area contributed by atoms with E-state index in [4.69, 9.17) is 9.47 Å². The molecule has 178 valence electrons. The standard InChI is InChI=1S/C22H28N4O6S/c1-31-18-6-7-19(32-2)20(15-18)33(29,30)26-12-4-11-25(13-8-21(27)24-10-14-26)22(28)17-5-3-9-23-16-17/h3,5-7,9,15-16H,4,8,10-14H2,1-2H3,(H,24,27). The van der Waals surface area contributed by atoms with Gasteiger partial charge in [0, 0.05) is 57.6 Å². The average Bonchev–Trinajstić information content (AvgIpc) is 2.88. The minimum atomic E-state index is -3.96. The Balaban J connectivity index is 1.84. The number of benzene rings is 1. The van der Waals surface area contributed by atoms with E-state index in [0.29, 0.717) is 24.3 Å². The van der Waals surface area contributed by atoms with Crippen LogP contribution in [0.4, 0.5) is 0 Å². The number of hydrogen-bond acceptors (Lipinski definition) is 7. The van der Waals surface area contributed by atoms with Crippen LogP contribution >= 0.6 is 0 Å². The molecule has 33 heavy (non-hydrogen) atoms. The van der Waals surface area contributed by atoms with Crippen LogP contribution in [0.1, 0.15) is 23.2 Å². The van der Waals surface area contributed by atoms with Gasteiger partial charge in [0.15, 0.2) is 0 Å². The van der Waals surface area contributed by atoms with Crippen LogP contribution in [-0.2, 0) is 14.8 Å². The first-order chi connectivity index (χ1) is 15.9. The maximum Gasteiger partial charge on any atom is 0.255 e. The summed E-state index contributed by atoms with van der Waals surface area (Å²) in [5, 5.41) is 2.73. The van der Waals surface area contributed by atoms with Crippen molar-refractivity contribution in [3.05, 3.63) is 48.3 Å². The Kier molecular flexibility index (Phi) is 8.23. The molecule has 0 spiro atoms. The van der Waals surface area contributed by atoms with Gasteiger partial charge in [0.2, 0.25) is 15.9 Å². The van der Waals surface area contributed by atoms with Crippen LogP contribution in [-0.4, -0.2) is 81.4 Å². The molecule has 0 aliphatic carbocycles. The van der Waals surface area contributed by atoms with Crippen LogP contribution in [0.3, 0.4) is 0 Å². The maximum atomic E-state index is 13.5. The molecule has 0 saturated carbocycles. The van der Waals surface area contributed by atoms with Gasteiger partial charge in [-0.3, -0.25) is 14.6 Å². The number of pyridine rings is 1. The van der Waals surface area contributed by atoms with E-state index in [9.17, 15) is 18.0 Å². The van der Waals surface area contributed by atoms with Crippen molar-refractivity contribution in [1.82, 2.24) is 19.5 Å². The van der Waals surface area contributed by atoms with Crippen molar-refractivity contribution in [1.29, 1.82) is 0 Å². The molecule has 11 heteroatoms. The summed E-state index contributed by atoms with van der Waals surface area (Å²) in [4.78, 5) is 30.7. The molecule has 10 nitrogen and oxygen atoms in total. The van der Waals surface area contributed by atoms with Crippen molar-refractivity contribution in [2.75, 3.05) is 46.9 Å². The first kappa shape index (κ1) is 24.5. The fourth-order valence-corrected chi connectivity index (χ4v) is 5.20. The molecule has 0 bridgehead atoms. The monoisotopic (exact) mass is 476 g/mol. The van der Waals surface area contributed by atoms with Gasteiger partial charge in [-0.1, -0.05) is 0 Å². The summed E-state index contributed by atoms with van der Waals surface area (Å²) in [6, 6.07) is 7.89. The summed E-state index contributed by atoms with van der Waals surface area (Å²) in [7, 11) is -1.11. The molecule has 1 N–H and O–H groups in total. The van der Waals surface area contributed by atoms with Crippen molar-refractivity contribution < 1.29 is 27.5 Å². The van der Waals surface area contributed by atoms with Crippen LogP contribution < -0.4 is 14.8 Å². The zero-order chi connectivity index (χ0) is 23.8. The minimum absolute atomic E-state index is 0.0196. The first-order valence-electron chi connectivity index (χ1n) is 10.5. The lowest BCUT2D eigenvalue weighted by Crippen LogP contribution is -2.39. The van der Waals surface area contributed by atoms with Crippen LogP contribution in [0.5, 0.6) is 11.5 Å². The largest absolute Gasteiger partial charge is 0.497 e. The fraction of sp³-hybridized carbons (Fsp3) is 0.409. The van der Waals surface area contributed by atoms with Crippen LogP contribution in [0.25, 0.3) is 0 Å². The Morgan fingerprint density at radius 3 is 2.61 bits per heavy atom. The summed E-state index contributed by atoms with van der Waals surface area (Å²) in [5.74, 6) is 0.0764. The highest BCUT2D eigenvalue weighted by atomic mass is 32.2. The number of carbonyl (C=O) groups excluding carboxylic acids is 2. The first-order valence-corrected chi connectivity index (χ1v) is 12.0. The van der Waals surface area contributed by atoms with Crippen LogP contribution in [0.15, 0.2) is 47.6 Å². The molecule has 1 saturated heterocycles. The normalized spacial score (nSPS) is 16.4. The number of nitrogens with one attached hydrogen (secondary N) is 1. The van der Waals surface area contributed by atoms with Crippen molar-refractivity contribution in [3.8, 4) is 11.5 Å². The van der Waals surface area contributed by atoms with Gasteiger partial charge in [-0.25, -0.2) is 8.42 Å². The Labute approximate surface area is 193 Å². The van der Waals surface area contributed by atoms with Gasteiger partial charge < -0.3 is 19.7 Å². The van der Waals surface area contributed by atoms with Gasteiger partial charge in [-0.05, 0) is 30.7 Å². The quantitative estimate of drug-likeness (QED) is 0.688. The molecule has 1 aromatic heterocycles. The zero-order valence-corrected chi connectivity index (χ0v) is 19.5. The average molecular weight is 477 g/mol. The molecule has 0 radical (unpaired) electrons. The SMILES string of the molecule is COc1ccc(OC)c(S(=O)(=O)N2CCCN(C(=O)c3cccnc3)CCC(=O)NCC2)c1. The second kappa shape index (κ2) is 11.1. The van der Waals surface area contributed by atoms with Gasteiger partial charge >= 0.3 is 0 Å². The number of methoxy groups -OCH3 is 2. The van der Waals surface area contributed by atoms with Crippen LogP contribution in [0, 0.1) is 0 Å². The molecule has 0 unspecified atom stereocenters. The van der Waals surface area contributed by atoms with Crippen molar-refractivity contribution in [3.63, 3.8) is 0 Å². The Morgan fingerprint density at radius 1 is 1.09 bits per heavy atom. The number of aromatic nitrogens is 1. The van der Waals surface area contributed by atoms with Crippen molar-refractivity contribution in [2.45, 2.75) is 17.7 Å². The molecule has 1 aliphatic rings. The predicted molar refractivity (Wildman–Crippen MR) is 121 cm³/mol. The smallest absolute Gasteiger partial charge is 0.255 e. The van der Waals surface area contributed by atoms with E-state index in [1.807, 2.05) is 0 Å². The highest BCUT2D eigenvalue weighted by molar-refractivity contribution is 7.89. The van der Waals surface area contributed by atoms with E-state index in [2.05, 4.69) is 10.3 Å². The van der Waals surface area contributed by atoms with E-state index >= 15 is 0 Å². The topological polar surface area (TPSA) is 118 Å². The van der Waals surface area contributed by atoms with Gasteiger partial charge in [-0.2, -0.15) is 4.31 Å². The lowest BCUT2D eigenvalue weighted by molar-refractivity contribution is -0.121. The van der Waals surface area contributed by atoms with Gasteiger partial charge in [-0.15, -0.1) is 0 Å². The Bertz CT molecular complexity index is 1080. The third-order valence-corrected chi connectivity index (χ3v) is 7.23. The lowest BCUT2D eigenvalue weighted by atomic mass is 10.2. The summed E-state index contributed by atoms with van der Waals surface area (Å²) < 4.78 is 38.7. The van der Waals surface area contributed by atoms with Gasteiger partial charge in [0.05, 0.1) is 19.8 Å². The van der Waals surface area contributed by atoms with Crippen molar-refractivity contribution >= 4 is 21.8 Å².